The van der Waals surface area contributed by atoms with E-state index >= 15 is 0 Å². The molecular weight excluding hydrogens is 222 g/mol. The van der Waals surface area contributed by atoms with Gasteiger partial charge in [0.15, 0.2) is 5.69 Å². The lowest BCUT2D eigenvalue weighted by Gasteiger charge is -2.33. The number of carboxylic acids is 1. The number of hydrogen-bond donors (Lipinski definition) is 1. The Balaban J connectivity index is 2.08. The van der Waals surface area contributed by atoms with E-state index in [-0.39, 0.29) is 11.8 Å². The minimum Gasteiger partial charge on any atom is -0.476 e. The van der Waals surface area contributed by atoms with Crippen LogP contribution in [0.5, 0.6) is 0 Å². The summed E-state index contributed by atoms with van der Waals surface area (Å²) in [4.78, 5) is 20.7. The van der Waals surface area contributed by atoms with Crippen LogP contribution in [0.3, 0.4) is 0 Å². The van der Waals surface area contributed by atoms with Crippen LogP contribution in [0.2, 0.25) is 0 Å². The fourth-order valence-corrected chi connectivity index (χ4v) is 1.77. The monoisotopic (exact) mass is 237 g/mol. The maximum absolute atomic E-state index is 10.7. The summed E-state index contributed by atoms with van der Waals surface area (Å²) >= 11 is 0. The van der Waals surface area contributed by atoms with Crippen LogP contribution >= 0.6 is 0 Å². The number of morpholine rings is 1. The van der Waals surface area contributed by atoms with Crippen LogP contribution < -0.4 is 4.90 Å². The Kier molecular flexibility index (Phi) is 3.53. The molecule has 0 spiro atoms. The van der Waals surface area contributed by atoms with Gasteiger partial charge < -0.3 is 14.7 Å². The molecule has 17 heavy (non-hydrogen) atoms. The highest BCUT2D eigenvalue weighted by Crippen LogP contribution is 2.15. The number of nitrogens with zero attached hydrogens (tertiary/aromatic N) is 3. The third-order valence-corrected chi connectivity index (χ3v) is 2.78. The molecule has 2 rings (SSSR count). The molecule has 92 valence electrons. The van der Waals surface area contributed by atoms with Crippen molar-refractivity contribution in [2.45, 2.75) is 19.4 Å². The number of rotatable bonds is 3. The highest BCUT2D eigenvalue weighted by atomic mass is 16.5. The summed E-state index contributed by atoms with van der Waals surface area (Å²) in [5, 5.41) is 8.73. The van der Waals surface area contributed by atoms with Crippen molar-refractivity contribution in [3.8, 4) is 0 Å². The molecular formula is C11H15N3O3. The molecule has 0 saturated carbocycles. The van der Waals surface area contributed by atoms with E-state index < -0.39 is 5.97 Å². The van der Waals surface area contributed by atoms with E-state index in [2.05, 4.69) is 21.8 Å². The van der Waals surface area contributed by atoms with Crippen molar-refractivity contribution in [3.63, 3.8) is 0 Å². The zero-order valence-electron chi connectivity index (χ0n) is 9.67. The fourth-order valence-electron chi connectivity index (χ4n) is 1.77. The van der Waals surface area contributed by atoms with E-state index in [0.717, 1.165) is 19.5 Å². The maximum Gasteiger partial charge on any atom is 0.356 e. The van der Waals surface area contributed by atoms with Gasteiger partial charge >= 0.3 is 5.97 Å². The van der Waals surface area contributed by atoms with Crippen molar-refractivity contribution in [1.29, 1.82) is 0 Å². The lowest BCUT2D eigenvalue weighted by molar-refractivity contribution is 0.0381. The van der Waals surface area contributed by atoms with Crippen molar-refractivity contribution in [2.24, 2.45) is 0 Å². The molecule has 1 aliphatic rings. The lowest BCUT2D eigenvalue weighted by Crippen LogP contribution is -2.42. The van der Waals surface area contributed by atoms with Crippen molar-refractivity contribution >= 4 is 11.8 Å². The van der Waals surface area contributed by atoms with Gasteiger partial charge in [-0.15, -0.1) is 0 Å². The standard InChI is InChI=1S/C11H15N3O3/c1-2-8-7-14(3-4-17-8)10-6-12-9(5-13-10)11(15)16/h5-6,8H,2-4,7H2,1H3,(H,15,16). The van der Waals surface area contributed by atoms with Crippen LogP contribution in [-0.2, 0) is 4.74 Å². The fraction of sp³-hybridized carbons (Fsp3) is 0.545. The third kappa shape index (κ3) is 2.71. The summed E-state index contributed by atoms with van der Waals surface area (Å²) < 4.78 is 5.56. The molecule has 0 radical (unpaired) electrons. The first-order chi connectivity index (χ1) is 8.20. The van der Waals surface area contributed by atoms with E-state index in [0.29, 0.717) is 12.4 Å². The highest BCUT2D eigenvalue weighted by molar-refractivity contribution is 5.84. The van der Waals surface area contributed by atoms with Crippen LogP contribution in [0.15, 0.2) is 12.4 Å². The van der Waals surface area contributed by atoms with Crippen molar-refractivity contribution in [3.05, 3.63) is 18.1 Å². The van der Waals surface area contributed by atoms with Gasteiger partial charge in [0.25, 0.3) is 0 Å². The first kappa shape index (κ1) is 11.8. The van der Waals surface area contributed by atoms with E-state index in [4.69, 9.17) is 9.84 Å². The van der Waals surface area contributed by atoms with Gasteiger partial charge in [-0.1, -0.05) is 6.92 Å². The molecule has 0 aromatic carbocycles. The second-order valence-electron chi connectivity index (χ2n) is 3.91. The Bertz CT molecular complexity index is 393. The predicted molar refractivity (Wildman–Crippen MR) is 61.2 cm³/mol. The molecule has 2 heterocycles. The Labute approximate surface area is 99.2 Å². The van der Waals surface area contributed by atoms with E-state index in [9.17, 15) is 4.79 Å². The predicted octanol–water partition coefficient (Wildman–Crippen LogP) is 0.790. The molecule has 1 atom stereocenters. The number of aromatic carboxylic acids is 1. The molecule has 0 amide bonds. The van der Waals surface area contributed by atoms with Gasteiger partial charge in [0.05, 0.1) is 25.1 Å². The molecule has 1 aromatic rings. The smallest absolute Gasteiger partial charge is 0.356 e. The lowest BCUT2D eigenvalue weighted by atomic mass is 10.2. The van der Waals surface area contributed by atoms with Gasteiger partial charge in [0, 0.05) is 13.1 Å². The molecule has 1 N–H and O–H groups in total. The molecule has 6 heteroatoms. The van der Waals surface area contributed by atoms with Crippen molar-refractivity contribution < 1.29 is 14.6 Å². The molecule has 0 aliphatic carbocycles. The van der Waals surface area contributed by atoms with Gasteiger partial charge in [-0.3, -0.25) is 0 Å². The second kappa shape index (κ2) is 5.09. The van der Waals surface area contributed by atoms with E-state index in [1.54, 1.807) is 0 Å². The van der Waals surface area contributed by atoms with Crippen LogP contribution in [-0.4, -0.2) is 46.8 Å². The SMILES string of the molecule is CCC1CN(c2cnc(C(=O)O)cn2)CCO1. The minimum absolute atomic E-state index is 0.0333. The largest absolute Gasteiger partial charge is 0.476 e. The molecule has 1 fully saturated rings. The Morgan fingerprint density at radius 1 is 1.59 bits per heavy atom. The van der Waals surface area contributed by atoms with Crippen molar-refractivity contribution in [2.75, 3.05) is 24.6 Å². The molecule has 6 nitrogen and oxygen atoms in total. The molecule has 1 saturated heterocycles. The van der Waals surface area contributed by atoms with Crippen LogP contribution in [0.1, 0.15) is 23.8 Å². The summed E-state index contributed by atoms with van der Waals surface area (Å²) in [5.74, 6) is -0.353. The maximum atomic E-state index is 10.7. The zero-order valence-corrected chi connectivity index (χ0v) is 9.67. The van der Waals surface area contributed by atoms with Gasteiger partial charge in [-0.25, -0.2) is 14.8 Å². The minimum atomic E-state index is -1.06. The summed E-state index contributed by atoms with van der Waals surface area (Å²) in [5.41, 5.74) is -0.0333. The van der Waals surface area contributed by atoms with E-state index in [1.807, 2.05) is 0 Å². The molecule has 1 aromatic heterocycles. The number of carboxylic acid groups (broad SMARTS) is 1. The summed E-state index contributed by atoms with van der Waals surface area (Å²) in [7, 11) is 0. The summed E-state index contributed by atoms with van der Waals surface area (Å²) in [6, 6.07) is 0. The molecule has 1 aliphatic heterocycles. The number of aromatic nitrogens is 2. The highest BCUT2D eigenvalue weighted by Gasteiger charge is 2.20. The molecule has 0 bridgehead atoms. The average molecular weight is 237 g/mol. The number of hydrogen-bond acceptors (Lipinski definition) is 5. The first-order valence-corrected chi connectivity index (χ1v) is 5.62. The third-order valence-electron chi connectivity index (χ3n) is 2.78. The number of ether oxygens (including phenoxy) is 1. The second-order valence-corrected chi connectivity index (χ2v) is 3.91. The Hall–Kier alpha value is -1.69. The van der Waals surface area contributed by atoms with Crippen LogP contribution in [0, 0.1) is 0 Å². The first-order valence-electron chi connectivity index (χ1n) is 5.62. The van der Waals surface area contributed by atoms with Crippen LogP contribution in [0.4, 0.5) is 5.82 Å². The van der Waals surface area contributed by atoms with E-state index in [1.165, 1.54) is 12.4 Å². The average Bonchev–Trinajstić information content (AvgIpc) is 2.39. The Morgan fingerprint density at radius 2 is 2.41 bits per heavy atom. The number of carbonyl (C=O) groups is 1. The van der Waals surface area contributed by atoms with Crippen molar-refractivity contribution in [1.82, 2.24) is 9.97 Å². The van der Waals surface area contributed by atoms with Gasteiger partial charge in [0.1, 0.15) is 5.82 Å². The zero-order chi connectivity index (χ0) is 12.3. The summed E-state index contributed by atoms with van der Waals surface area (Å²) in [6.45, 7) is 4.28. The number of anilines is 1. The van der Waals surface area contributed by atoms with Gasteiger partial charge in [0.2, 0.25) is 0 Å². The van der Waals surface area contributed by atoms with Gasteiger partial charge in [-0.2, -0.15) is 0 Å². The molecule has 1 unspecified atom stereocenters. The topological polar surface area (TPSA) is 75.6 Å². The van der Waals surface area contributed by atoms with Crippen LogP contribution in [0.25, 0.3) is 0 Å². The summed E-state index contributed by atoms with van der Waals surface area (Å²) in [6.07, 6.45) is 3.96. The van der Waals surface area contributed by atoms with Gasteiger partial charge in [-0.05, 0) is 6.42 Å². The Morgan fingerprint density at radius 3 is 3.00 bits per heavy atom. The quantitative estimate of drug-likeness (QED) is 0.837. The normalized spacial score (nSPS) is 20.3.